The predicted molar refractivity (Wildman–Crippen MR) is 126 cm³/mol. The number of benzene rings is 1. The highest BCUT2D eigenvalue weighted by atomic mass is 16.6. The zero-order chi connectivity index (χ0) is 24.5. The van der Waals surface area contributed by atoms with Gasteiger partial charge in [0.15, 0.2) is 0 Å². The van der Waals surface area contributed by atoms with Crippen LogP contribution in [0.4, 0.5) is 0 Å². The van der Waals surface area contributed by atoms with Crippen molar-refractivity contribution in [2.24, 2.45) is 0 Å². The fourth-order valence-corrected chi connectivity index (χ4v) is 2.64. The third-order valence-electron chi connectivity index (χ3n) is 4.43. The molecule has 9 nitrogen and oxygen atoms in total. The molecule has 0 aromatic heterocycles. The average Bonchev–Trinajstić information content (AvgIpc) is 2.86. The third kappa shape index (κ3) is 18.4. The number of carbonyl (C=O) groups excluding carboxylic acids is 2. The van der Waals surface area contributed by atoms with Crippen molar-refractivity contribution in [1.29, 1.82) is 0 Å². The molecule has 0 spiro atoms. The van der Waals surface area contributed by atoms with Crippen molar-refractivity contribution in [1.82, 2.24) is 0 Å². The fraction of sp³-hybridized carbons (Fsp3) is 0.680. The van der Waals surface area contributed by atoms with E-state index in [1.165, 1.54) is 0 Å². The maximum absolute atomic E-state index is 11.7. The fourth-order valence-electron chi connectivity index (χ4n) is 2.64. The summed E-state index contributed by atoms with van der Waals surface area (Å²) < 4.78 is 37.1. The molecule has 0 heterocycles. The minimum atomic E-state index is -0.357. The molecular formula is C25H40O9. The first-order valence-electron chi connectivity index (χ1n) is 12.0. The molecule has 0 aliphatic heterocycles. The first kappa shape index (κ1) is 30.0. The summed E-state index contributed by atoms with van der Waals surface area (Å²) in [6, 6.07) is 8.84. The standard InChI is InChI=1S/C25H40O9/c1-2-3-5-10-24(26)33-21-19-31-17-15-29-13-11-28-12-14-30-16-18-32-20-22-34-25(27)23-8-6-4-7-9-23/h4,6-9H,2-3,5,10-22H2,1H3. The summed E-state index contributed by atoms with van der Waals surface area (Å²) in [5.74, 6) is -0.520. The summed E-state index contributed by atoms with van der Waals surface area (Å²) in [7, 11) is 0. The molecule has 0 bridgehead atoms. The van der Waals surface area contributed by atoms with Crippen LogP contribution in [0.3, 0.4) is 0 Å². The van der Waals surface area contributed by atoms with Crippen LogP contribution in [0.2, 0.25) is 0 Å². The van der Waals surface area contributed by atoms with Crippen LogP contribution in [-0.4, -0.2) is 91.2 Å². The average molecular weight is 485 g/mol. The second-order valence-corrected chi connectivity index (χ2v) is 7.24. The summed E-state index contributed by atoms with van der Waals surface area (Å²) in [6.45, 7) is 6.93. The molecule has 0 N–H and O–H groups in total. The first-order valence-corrected chi connectivity index (χ1v) is 12.0. The van der Waals surface area contributed by atoms with Crippen LogP contribution < -0.4 is 0 Å². The number of unbranched alkanes of at least 4 members (excludes halogenated alkanes) is 2. The van der Waals surface area contributed by atoms with Gasteiger partial charge in [-0.15, -0.1) is 0 Å². The number of hydrogen-bond acceptors (Lipinski definition) is 9. The van der Waals surface area contributed by atoms with Crippen molar-refractivity contribution in [3.63, 3.8) is 0 Å². The maximum Gasteiger partial charge on any atom is 0.338 e. The predicted octanol–water partition coefficient (Wildman–Crippen LogP) is 3.05. The topological polar surface area (TPSA) is 98.8 Å². The Balaban J connectivity index is 1.72. The van der Waals surface area contributed by atoms with Gasteiger partial charge in [0.05, 0.1) is 71.6 Å². The van der Waals surface area contributed by atoms with Gasteiger partial charge in [-0.1, -0.05) is 38.0 Å². The van der Waals surface area contributed by atoms with Crippen molar-refractivity contribution in [2.75, 3.05) is 79.3 Å². The molecule has 1 aromatic carbocycles. The molecular weight excluding hydrogens is 444 g/mol. The summed E-state index contributed by atoms with van der Waals surface area (Å²) in [4.78, 5) is 23.1. The second-order valence-electron chi connectivity index (χ2n) is 7.24. The lowest BCUT2D eigenvalue weighted by Crippen LogP contribution is -2.15. The highest BCUT2D eigenvalue weighted by Gasteiger charge is 2.05. The SMILES string of the molecule is CCCCCC(=O)OCCOCCOCCOCCOCCOCCOC(=O)c1ccccc1. The van der Waals surface area contributed by atoms with E-state index in [-0.39, 0.29) is 25.2 Å². The summed E-state index contributed by atoms with van der Waals surface area (Å²) in [5.41, 5.74) is 0.525. The second kappa shape index (κ2) is 22.7. The van der Waals surface area contributed by atoms with E-state index < -0.39 is 0 Å². The molecule has 0 saturated carbocycles. The van der Waals surface area contributed by atoms with Gasteiger partial charge in [-0.2, -0.15) is 0 Å². The Kier molecular flexibility index (Phi) is 20.1. The van der Waals surface area contributed by atoms with Crippen molar-refractivity contribution in [2.45, 2.75) is 32.6 Å². The van der Waals surface area contributed by atoms with Gasteiger partial charge in [0.1, 0.15) is 13.2 Å². The number of esters is 2. The Bertz CT molecular complexity index is 610. The molecule has 0 unspecified atom stereocenters. The minimum absolute atomic E-state index is 0.163. The molecule has 1 rings (SSSR count). The Labute approximate surface area is 202 Å². The highest BCUT2D eigenvalue weighted by Crippen LogP contribution is 2.01. The molecule has 0 atom stereocenters. The molecule has 1 aromatic rings. The Morgan fingerprint density at radius 2 is 1.03 bits per heavy atom. The van der Waals surface area contributed by atoms with Crippen LogP contribution in [0.15, 0.2) is 30.3 Å². The van der Waals surface area contributed by atoms with Gasteiger partial charge >= 0.3 is 11.9 Å². The Morgan fingerprint density at radius 3 is 1.50 bits per heavy atom. The van der Waals surface area contributed by atoms with Crippen LogP contribution in [0.1, 0.15) is 43.0 Å². The van der Waals surface area contributed by atoms with E-state index in [0.29, 0.717) is 78.1 Å². The monoisotopic (exact) mass is 484 g/mol. The zero-order valence-corrected chi connectivity index (χ0v) is 20.4. The van der Waals surface area contributed by atoms with E-state index in [0.717, 1.165) is 19.3 Å². The molecule has 0 aliphatic carbocycles. The summed E-state index contributed by atoms with van der Waals surface area (Å²) >= 11 is 0. The van der Waals surface area contributed by atoms with E-state index in [2.05, 4.69) is 6.92 Å². The highest BCUT2D eigenvalue weighted by molar-refractivity contribution is 5.89. The lowest BCUT2D eigenvalue weighted by Gasteiger charge is -2.08. The lowest BCUT2D eigenvalue weighted by atomic mass is 10.2. The van der Waals surface area contributed by atoms with E-state index in [4.69, 9.17) is 33.2 Å². The molecule has 0 radical (unpaired) electrons. The summed E-state index contributed by atoms with van der Waals surface area (Å²) in [6.07, 6.45) is 3.49. The lowest BCUT2D eigenvalue weighted by molar-refractivity contribution is -0.145. The number of ether oxygens (including phenoxy) is 7. The van der Waals surface area contributed by atoms with Gasteiger partial charge in [-0.3, -0.25) is 4.79 Å². The Morgan fingerprint density at radius 1 is 0.588 bits per heavy atom. The van der Waals surface area contributed by atoms with Crippen molar-refractivity contribution >= 4 is 11.9 Å². The molecule has 0 fully saturated rings. The Hall–Kier alpha value is -2.04. The van der Waals surface area contributed by atoms with Gasteiger partial charge < -0.3 is 33.2 Å². The van der Waals surface area contributed by atoms with E-state index in [1.807, 2.05) is 6.07 Å². The van der Waals surface area contributed by atoms with Gasteiger partial charge in [0.2, 0.25) is 0 Å². The molecule has 34 heavy (non-hydrogen) atoms. The zero-order valence-electron chi connectivity index (χ0n) is 20.4. The van der Waals surface area contributed by atoms with Crippen molar-refractivity contribution < 1.29 is 42.7 Å². The number of rotatable bonds is 23. The van der Waals surface area contributed by atoms with Crippen LogP contribution in [0.25, 0.3) is 0 Å². The third-order valence-corrected chi connectivity index (χ3v) is 4.43. The maximum atomic E-state index is 11.7. The van der Waals surface area contributed by atoms with Gasteiger partial charge in [0, 0.05) is 6.42 Å². The largest absolute Gasteiger partial charge is 0.463 e. The first-order chi connectivity index (χ1) is 16.7. The van der Waals surface area contributed by atoms with Crippen LogP contribution >= 0.6 is 0 Å². The van der Waals surface area contributed by atoms with E-state index in [1.54, 1.807) is 24.3 Å². The van der Waals surface area contributed by atoms with E-state index >= 15 is 0 Å². The van der Waals surface area contributed by atoms with Crippen molar-refractivity contribution in [3.05, 3.63) is 35.9 Å². The normalized spacial score (nSPS) is 10.9. The quantitative estimate of drug-likeness (QED) is 0.171. The van der Waals surface area contributed by atoms with Crippen LogP contribution in [0, 0.1) is 0 Å². The molecule has 194 valence electrons. The van der Waals surface area contributed by atoms with Crippen LogP contribution in [0.5, 0.6) is 0 Å². The van der Waals surface area contributed by atoms with Gasteiger partial charge in [0.25, 0.3) is 0 Å². The van der Waals surface area contributed by atoms with Gasteiger partial charge in [-0.25, -0.2) is 4.79 Å². The smallest absolute Gasteiger partial charge is 0.338 e. The minimum Gasteiger partial charge on any atom is -0.463 e. The van der Waals surface area contributed by atoms with Crippen molar-refractivity contribution in [3.8, 4) is 0 Å². The molecule has 0 amide bonds. The molecule has 9 heteroatoms. The summed E-state index contributed by atoms with van der Waals surface area (Å²) in [5, 5.41) is 0. The van der Waals surface area contributed by atoms with Gasteiger partial charge in [-0.05, 0) is 18.6 Å². The number of carbonyl (C=O) groups is 2. The van der Waals surface area contributed by atoms with E-state index in [9.17, 15) is 9.59 Å². The van der Waals surface area contributed by atoms with Crippen LogP contribution in [-0.2, 0) is 38.0 Å². The molecule has 0 aliphatic rings. The molecule has 0 saturated heterocycles. The number of hydrogen-bond donors (Lipinski definition) is 0.